The van der Waals surface area contributed by atoms with E-state index in [9.17, 15) is 0 Å². The molecule has 0 amide bonds. The van der Waals surface area contributed by atoms with Gasteiger partial charge in [-0.2, -0.15) is 0 Å². The zero-order valence-electron chi connectivity index (χ0n) is 25.8. The molecular formula is C46H31N. The molecule has 0 bridgehead atoms. The molecule has 1 heterocycles. The van der Waals surface area contributed by atoms with Crippen LogP contribution < -0.4 is 0 Å². The van der Waals surface area contributed by atoms with Crippen molar-refractivity contribution in [3.63, 3.8) is 0 Å². The Kier molecular flexibility index (Phi) is 5.62. The van der Waals surface area contributed by atoms with E-state index in [4.69, 9.17) is 0 Å². The molecule has 0 saturated heterocycles. The second kappa shape index (κ2) is 10.0. The first-order chi connectivity index (χ1) is 23.3. The first-order valence-corrected chi connectivity index (χ1v) is 16.5. The van der Waals surface area contributed by atoms with E-state index in [2.05, 4.69) is 187 Å². The van der Waals surface area contributed by atoms with Crippen molar-refractivity contribution in [3.8, 4) is 27.9 Å². The van der Waals surface area contributed by atoms with Gasteiger partial charge in [-0.15, -0.1) is 0 Å². The zero-order valence-corrected chi connectivity index (χ0v) is 25.8. The quantitative estimate of drug-likeness (QED) is 0.190. The van der Waals surface area contributed by atoms with Gasteiger partial charge in [0, 0.05) is 28.8 Å². The summed E-state index contributed by atoms with van der Waals surface area (Å²) in [6, 6.07) is 65.1. The van der Waals surface area contributed by atoms with Gasteiger partial charge < -0.3 is 4.57 Å². The van der Waals surface area contributed by atoms with Crippen molar-refractivity contribution in [2.75, 3.05) is 0 Å². The van der Waals surface area contributed by atoms with Crippen molar-refractivity contribution < 1.29 is 0 Å². The van der Waals surface area contributed by atoms with Gasteiger partial charge in [0.15, 0.2) is 0 Å². The molecule has 7 aromatic carbocycles. The van der Waals surface area contributed by atoms with E-state index in [0.29, 0.717) is 0 Å². The van der Waals surface area contributed by atoms with Gasteiger partial charge in [0.25, 0.3) is 0 Å². The van der Waals surface area contributed by atoms with Gasteiger partial charge >= 0.3 is 0 Å². The molecule has 0 fully saturated rings. The third kappa shape index (κ3) is 3.60. The molecule has 47 heavy (non-hydrogen) atoms. The molecule has 0 saturated carbocycles. The lowest BCUT2D eigenvalue weighted by Crippen LogP contribution is -2.28. The number of hydrogen-bond acceptors (Lipinski definition) is 0. The predicted molar refractivity (Wildman–Crippen MR) is 193 cm³/mol. The maximum atomic E-state index is 2.43. The Morgan fingerprint density at radius 2 is 1.06 bits per heavy atom. The van der Waals surface area contributed by atoms with E-state index < -0.39 is 5.41 Å². The van der Waals surface area contributed by atoms with Gasteiger partial charge in [-0.3, -0.25) is 0 Å². The van der Waals surface area contributed by atoms with Gasteiger partial charge in [0.2, 0.25) is 0 Å². The van der Waals surface area contributed by atoms with Crippen LogP contribution in [0.1, 0.15) is 44.9 Å². The Morgan fingerprint density at radius 1 is 0.447 bits per heavy atom. The Labute approximate surface area is 275 Å². The lowest BCUT2D eigenvalue weighted by Gasteiger charge is -2.33. The molecule has 8 aromatic rings. The molecule has 0 radical (unpaired) electrons. The fourth-order valence-corrected chi connectivity index (χ4v) is 8.71. The number of aromatic nitrogens is 1. The highest BCUT2D eigenvalue weighted by atomic mass is 15.0. The van der Waals surface area contributed by atoms with Gasteiger partial charge in [0.05, 0.1) is 10.9 Å². The monoisotopic (exact) mass is 597 g/mol. The molecule has 2 aliphatic carbocycles. The summed E-state index contributed by atoms with van der Waals surface area (Å²) in [4.78, 5) is 0. The van der Waals surface area contributed by atoms with Crippen LogP contribution in [0, 0.1) is 0 Å². The molecule has 2 aliphatic rings. The van der Waals surface area contributed by atoms with Crippen molar-refractivity contribution in [2.45, 2.75) is 11.3 Å². The first-order valence-electron chi connectivity index (χ1n) is 16.5. The van der Waals surface area contributed by atoms with Gasteiger partial charge in [-0.1, -0.05) is 158 Å². The van der Waals surface area contributed by atoms with Crippen LogP contribution in [0.25, 0.3) is 38.8 Å². The van der Waals surface area contributed by atoms with Crippen molar-refractivity contribution in [3.05, 3.63) is 221 Å². The number of nitrogens with zero attached hydrogens (tertiary/aromatic N) is 1. The van der Waals surface area contributed by atoms with E-state index in [-0.39, 0.29) is 5.92 Å². The minimum atomic E-state index is -0.419. The van der Waals surface area contributed by atoms with Gasteiger partial charge in [0.1, 0.15) is 0 Å². The Balaban J connectivity index is 1.24. The smallest absolute Gasteiger partial charge is 0.0714 e. The molecule has 1 atom stereocenters. The SMILES string of the molecule is c1ccc(C2c3ccccc3-c3cc(-n4ccc5ccc6c(c54)-c4ccccc4C6(c4ccccc4)c4ccccc4)ccc32)cc1. The molecule has 10 rings (SSSR count). The van der Waals surface area contributed by atoms with Crippen LogP contribution in [0.2, 0.25) is 0 Å². The minimum Gasteiger partial charge on any atom is -0.316 e. The Bertz CT molecular complexity index is 2410. The highest BCUT2D eigenvalue weighted by Gasteiger charge is 2.47. The normalized spacial score (nSPS) is 15.2. The number of benzene rings is 7. The van der Waals surface area contributed by atoms with Crippen LogP contribution in [0.3, 0.4) is 0 Å². The predicted octanol–water partition coefficient (Wildman–Crippen LogP) is 11.2. The Morgan fingerprint density at radius 3 is 1.81 bits per heavy atom. The van der Waals surface area contributed by atoms with Crippen LogP contribution in [0.5, 0.6) is 0 Å². The lowest BCUT2D eigenvalue weighted by molar-refractivity contribution is 0.769. The Hall–Kier alpha value is -5.92. The summed E-state index contributed by atoms with van der Waals surface area (Å²) in [5.41, 5.74) is 16.6. The minimum absolute atomic E-state index is 0.242. The van der Waals surface area contributed by atoms with E-state index in [1.54, 1.807) is 0 Å². The third-order valence-electron chi connectivity index (χ3n) is 10.6. The lowest BCUT2D eigenvalue weighted by atomic mass is 9.67. The van der Waals surface area contributed by atoms with Crippen LogP contribution in [0.4, 0.5) is 0 Å². The summed E-state index contributed by atoms with van der Waals surface area (Å²) in [5.74, 6) is 0.242. The van der Waals surface area contributed by atoms with Crippen molar-refractivity contribution >= 4 is 10.9 Å². The molecule has 1 unspecified atom stereocenters. The molecule has 0 aliphatic heterocycles. The highest BCUT2D eigenvalue weighted by molar-refractivity contribution is 6.03. The summed E-state index contributed by atoms with van der Waals surface area (Å²) in [5, 5.41) is 1.25. The maximum absolute atomic E-state index is 2.43. The first kappa shape index (κ1) is 26.3. The second-order valence-electron chi connectivity index (χ2n) is 12.8. The average molecular weight is 598 g/mol. The summed E-state index contributed by atoms with van der Waals surface area (Å²) in [7, 11) is 0. The second-order valence-corrected chi connectivity index (χ2v) is 12.8. The van der Waals surface area contributed by atoms with Crippen LogP contribution in [-0.2, 0) is 5.41 Å². The maximum Gasteiger partial charge on any atom is 0.0714 e. The topological polar surface area (TPSA) is 4.93 Å². The highest BCUT2D eigenvalue weighted by Crippen LogP contribution is 2.58. The number of fused-ring (bicyclic) bond motifs is 8. The van der Waals surface area contributed by atoms with Crippen molar-refractivity contribution in [1.29, 1.82) is 0 Å². The van der Waals surface area contributed by atoms with Crippen LogP contribution >= 0.6 is 0 Å². The van der Waals surface area contributed by atoms with E-state index >= 15 is 0 Å². The fourth-order valence-electron chi connectivity index (χ4n) is 8.71. The number of hydrogen-bond donors (Lipinski definition) is 0. The molecule has 1 heteroatoms. The van der Waals surface area contributed by atoms with Crippen molar-refractivity contribution in [2.24, 2.45) is 0 Å². The third-order valence-corrected chi connectivity index (χ3v) is 10.6. The molecular weight excluding hydrogens is 567 g/mol. The average Bonchev–Trinajstić information content (AvgIpc) is 3.81. The van der Waals surface area contributed by atoms with Gasteiger partial charge in [-0.05, 0) is 73.8 Å². The summed E-state index contributed by atoms with van der Waals surface area (Å²) >= 11 is 0. The zero-order chi connectivity index (χ0) is 31.0. The largest absolute Gasteiger partial charge is 0.316 e. The molecule has 1 nitrogen and oxygen atoms in total. The van der Waals surface area contributed by atoms with Gasteiger partial charge in [-0.25, -0.2) is 0 Å². The van der Waals surface area contributed by atoms with E-state index in [1.807, 2.05) is 0 Å². The van der Waals surface area contributed by atoms with E-state index in [1.165, 1.54) is 77.8 Å². The molecule has 0 N–H and O–H groups in total. The van der Waals surface area contributed by atoms with Crippen molar-refractivity contribution in [1.82, 2.24) is 4.57 Å². The molecule has 0 spiro atoms. The summed E-state index contributed by atoms with van der Waals surface area (Å²) < 4.78 is 2.43. The molecule has 1 aromatic heterocycles. The molecule has 220 valence electrons. The number of rotatable bonds is 4. The van der Waals surface area contributed by atoms with E-state index in [0.717, 1.165) is 0 Å². The fraction of sp³-hybridized carbons (Fsp3) is 0.0435. The van der Waals surface area contributed by atoms with Crippen LogP contribution in [0.15, 0.2) is 182 Å². The summed E-state index contributed by atoms with van der Waals surface area (Å²) in [6.45, 7) is 0. The van der Waals surface area contributed by atoms with Crippen LogP contribution in [-0.4, -0.2) is 4.57 Å². The standard InChI is InChI=1S/C46H31N/c1-4-14-31(15-5-1)43-37-21-11-10-20-36(37)40-30-35(25-26-38(40)43)47-29-28-32-24-27-42-44(45(32)47)39-22-12-13-23-41(39)46(42,33-16-6-2-7-17-33)34-18-8-3-9-19-34/h1-30,43H. The summed E-state index contributed by atoms with van der Waals surface area (Å²) in [6.07, 6.45) is 2.26.